The highest BCUT2D eigenvalue weighted by Crippen LogP contribution is 2.34. The van der Waals surface area contributed by atoms with Crippen LogP contribution >= 0.6 is 0 Å². The van der Waals surface area contributed by atoms with Crippen LogP contribution in [0.1, 0.15) is 82.5 Å². The third-order valence-electron chi connectivity index (χ3n) is 8.31. The van der Waals surface area contributed by atoms with E-state index in [2.05, 4.69) is 33.2 Å². The topological polar surface area (TPSA) is 44.8 Å². The van der Waals surface area contributed by atoms with Gasteiger partial charge in [-0.1, -0.05) is 95.3 Å². The Morgan fingerprint density at radius 1 is 0.705 bits per heavy atom. The molecule has 0 radical (unpaired) electrons. The van der Waals surface area contributed by atoms with Gasteiger partial charge in [0.15, 0.2) is 0 Å². The van der Waals surface area contributed by atoms with E-state index in [9.17, 15) is 4.79 Å². The Bertz CT molecular complexity index is 1490. The number of esters is 1. The lowest BCUT2D eigenvalue weighted by atomic mass is 9.84. The molecule has 0 amide bonds. The molecule has 0 saturated heterocycles. The number of unbranched alkanes of at least 4 members (excludes halogenated alkanes) is 2. The van der Waals surface area contributed by atoms with Crippen molar-refractivity contribution in [1.82, 2.24) is 0 Å². The van der Waals surface area contributed by atoms with Gasteiger partial charge in [0.2, 0.25) is 0 Å². The summed E-state index contributed by atoms with van der Waals surface area (Å²) in [5, 5.41) is 0. The normalized spacial score (nSPS) is 16.1. The van der Waals surface area contributed by atoms with Crippen LogP contribution in [0.3, 0.4) is 0 Å². The largest absolute Gasteiger partial charge is 0.459 e. The molecule has 0 spiro atoms. The highest BCUT2D eigenvalue weighted by atomic mass is 16.5. The molecule has 0 bridgehead atoms. The van der Waals surface area contributed by atoms with Crippen molar-refractivity contribution in [3.05, 3.63) is 121 Å². The van der Waals surface area contributed by atoms with E-state index in [-0.39, 0.29) is 12.1 Å². The van der Waals surface area contributed by atoms with Gasteiger partial charge in [-0.15, -0.1) is 0 Å². The van der Waals surface area contributed by atoms with Gasteiger partial charge in [0.25, 0.3) is 0 Å². The third kappa shape index (κ3) is 8.86. The molecular weight excluding hydrogens is 544 g/mol. The summed E-state index contributed by atoms with van der Waals surface area (Å²) in [7, 11) is 0. The Kier molecular flexibility index (Phi) is 11.4. The molecule has 4 rings (SSSR count). The first-order valence-corrected chi connectivity index (χ1v) is 15.8. The van der Waals surface area contributed by atoms with E-state index in [1.54, 1.807) is 0 Å². The second-order valence-electron chi connectivity index (χ2n) is 12.0. The molecule has 0 N–H and O–H groups in total. The Labute approximate surface area is 263 Å². The fourth-order valence-corrected chi connectivity index (χ4v) is 5.46. The highest BCUT2D eigenvalue weighted by Gasteiger charge is 2.25. The molecule has 1 aliphatic carbocycles. The van der Waals surface area contributed by atoms with Crippen molar-refractivity contribution in [2.45, 2.75) is 78.2 Å². The number of hydrogen-bond acceptors (Lipinski definition) is 4. The van der Waals surface area contributed by atoms with Crippen molar-refractivity contribution in [1.29, 1.82) is 0 Å². The van der Waals surface area contributed by atoms with Crippen molar-refractivity contribution in [2.75, 3.05) is 0 Å². The first-order valence-electron chi connectivity index (χ1n) is 15.8. The number of hydrogen-bond donors (Lipinski definition) is 0. The van der Waals surface area contributed by atoms with Crippen LogP contribution in [0, 0.1) is 5.92 Å². The maximum Gasteiger partial charge on any atom is 0.339 e. The molecule has 3 aromatic rings. The van der Waals surface area contributed by atoms with Crippen LogP contribution in [0.25, 0.3) is 22.3 Å². The quantitative estimate of drug-likeness (QED) is 0.0811. The predicted molar refractivity (Wildman–Crippen MR) is 182 cm³/mol. The summed E-state index contributed by atoms with van der Waals surface area (Å²) in [6.45, 7) is 21.5. The van der Waals surface area contributed by atoms with Crippen LogP contribution < -0.4 is 9.47 Å². The standard InChI is InChI=1S/C40H46O4/c1-8-9-10-11-31-12-19-37(20-13-31)44-40(41)39-26-34(32-14-21-35(22-15-32)42-29(6)27(2)3)18-25-38(39)33-16-23-36(24-17-33)43-30(7)28(4)5/h14-18,21-26,31,37H,2,4,6-13,19-20H2,1,3,5H3. The molecule has 4 heteroatoms. The van der Waals surface area contributed by atoms with E-state index < -0.39 is 0 Å². The van der Waals surface area contributed by atoms with Gasteiger partial charge in [0.05, 0.1) is 5.56 Å². The van der Waals surface area contributed by atoms with Gasteiger partial charge in [-0.05, 0) is 109 Å². The van der Waals surface area contributed by atoms with Crippen molar-refractivity contribution in [2.24, 2.45) is 5.92 Å². The van der Waals surface area contributed by atoms with Crippen LogP contribution in [0.2, 0.25) is 0 Å². The number of carbonyl (C=O) groups is 1. The van der Waals surface area contributed by atoms with E-state index in [4.69, 9.17) is 14.2 Å². The summed E-state index contributed by atoms with van der Waals surface area (Å²) in [5.74, 6) is 2.85. The molecule has 4 nitrogen and oxygen atoms in total. The second kappa shape index (κ2) is 15.4. The van der Waals surface area contributed by atoms with Gasteiger partial charge < -0.3 is 14.2 Å². The Morgan fingerprint density at radius 2 is 1.23 bits per heavy atom. The lowest BCUT2D eigenvalue weighted by Gasteiger charge is -2.28. The monoisotopic (exact) mass is 590 g/mol. The summed E-state index contributed by atoms with van der Waals surface area (Å²) in [4.78, 5) is 13.8. The SMILES string of the molecule is C=C(C)C(=C)Oc1ccc(-c2ccc(-c3ccc(OC(=C)C(=C)C)cc3)c(C(=O)OC3CCC(CCCCC)CC3)c2)cc1. The summed E-state index contributed by atoms with van der Waals surface area (Å²) >= 11 is 0. The van der Waals surface area contributed by atoms with Gasteiger partial charge in [0, 0.05) is 0 Å². The zero-order valence-electron chi connectivity index (χ0n) is 26.6. The van der Waals surface area contributed by atoms with E-state index in [0.29, 0.717) is 28.6 Å². The van der Waals surface area contributed by atoms with Crippen LogP contribution in [-0.2, 0) is 4.74 Å². The Hall–Kier alpha value is -4.31. The predicted octanol–water partition coefficient (Wildman–Crippen LogP) is 11.3. The van der Waals surface area contributed by atoms with E-state index in [1.165, 1.54) is 25.7 Å². The lowest BCUT2D eigenvalue weighted by Crippen LogP contribution is -2.25. The molecule has 0 atom stereocenters. The molecule has 1 fully saturated rings. The summed E-state index contributed by atoms with van der Waals surface area (Å²) < 4.78 is 17.8. The molecule has 0 aliphatic heterocycles. The molecular formula is C40H46O4. The zero-order valence-corrected chi connectivity index (χ0v) is 26.6. The number of rotatable bonds is 14. The Balaban J connectivity index is 1.57. The van der Waals surface area contributed by atoms with E-state index in [0.717, 1.165) is 65.0 Å². The molecule has 1 aliphatic rings. The molecule has 0 heterocycles. The summed E-state index contributed by atoms with van der Waals surface area (Å²) in [5.41, 5.74) is 5.69. The summed E-state index contributed by atoms with van der Waals surface area (Å²) in [6.07, 6.45) is 9.16. The van der Waals surface area contributed by atoms with E-state index >= 15 is 0 Å². The average Bonchev–Trinajstić information content (AvgIpc) is 3.02. The van der Waals surface area contributed by atoms with Gasteiger partial charge in [-0.2, -0.15) is 0 Å². The van der Waals surface area contributed by atoms with Crippen LogP contribution in [0.15, 0.2) is 116 Å². The molecule has 0 unspecified atom stereocenters. The first kappa shape index (κ1) is 32.6. The number of benzene rings is 3. The average molecular weight is 591 g/mol. The van der Waals surface area contributed by atoms with Crippen molar-refractivity contribution in [3.63, 3.8) is 0 Å². The second-order valence-corrected chi connectivity index (χ2v) is 12.0. The molecule has 0 aromatic heterocycles. The van der Waals surface area contributed by atoms with Crippen LogP contribution in [0.4, 0.5) is 0 Å². The van der Waals surface area contributed by atoms with Crippen molar-refractivity contribution < 1.29 is 19.0 Å². The number of carbonyl (C=O) groups excluding carboxylic acids is 1. The van der Waals surface area contributed by atoms with Gasteiger partial charge >= 0.3 is 5.97 Å². The number of allylic oxidation sites excluding steroid dienone is 2. The molecule has 3 aromatic carbocycles. The van der Waals surface area contributed by atoms with E-state index in [1.807, 2.05) is 80.6 Å². The summed E-state index contributed by atoms with van der Waals surface area (Å²) in [6, 6.07) is 21.4. The van der Waals surface area contributed by atoms with Gasteiger partial charge in [-0.3, -0.25) is 0 Å². The lowest BCUT2D eigenvalue weighted by molar-refractivity contribution is 0.0161. The molecule has 44 heavy (non-hydrogen) atoms. The van der Waals surface area contributed by atoms with Crippen molar-refractivity contribution in [3.8, 4) is 33.8 Å². The fraction of sp³-hybridized carbons (Fsp3) is 0.325. The minimum Gasteiger partial charge on any atom is -0.459 e. The van der Waals surface area contributed by atoms with Crippen molar-refractivity contribution >= 4 is 5.97 Å². The Morgan fingerprint density at radius 3 is 1.75 bits per heavy atom. The number of ether oxygens (including phenoxy) is 3. The minimum atomic E-state index is -0.287. The molecule has 1 saturated carbocycles. The first-order chi connectivity index (χ1) is 21.1. The third-order valence-corrected chi connectivity index (χ3v) is 8.31. The fourth-order valence-electron chi connectivity index (χ4n) is 5.46. The minimum absolute atomic E-state index is 0.0526. The van der Waals surface area contributed by atoms with Crippen LogP contribution in [0.5, 0.6) is 11.5 Å². The highest BCUT2D eigenvalue weighted by molar-refractivity contribution is 5.99. The van der Waals surface area contributed by atoms with Crippen LogP contribution in [-0.4, -0.2) is 12.1 Å². The zero-order chi connectivity index (χ0) is 31.6. The van der Waals surface area contributed by atoms with Gasteiger partial charge in [0.1, 0.15) is 29.1 Å². The smallest absolute Gasteiger partial charge is 0.339 e. The van der Waals surface area contributed by atoms with Gasteiger partial charge in [-0.25, -0.2) is 4.79 Å². The molecule has 230 valence electrons. The maximum atomic E-state index is 13.8. The maximum absolute atomic E-state index is 13.8.